The Balaban J connectivity index is 1.68. The standard InChI is InChI=1S/C14H26N2O3/c1-2-3-4-8-15-13(17)16-9-6-14(7-10-16)18-11-5-12-19-14/h2-12H2,1H3,(H,15,17). The number of urea groups is 1. The Hall–Kier alpha value is -0.810. The molecule has 0 saturated carbocycles. The van der Waals surface area contributed by atoms with E-state index in [1.165, 1.54) is 12.8 Å². The van der Waals surface area contributed by atoms with Crippen molar-refractivity contribution in [2.75, 3.05) is 32.8 Å². The lowest BCUT2D eigenvalue weighted by Crippen LogP contribution is -2.53. The first kappa shape index (κ1) is 14.6. The Bertz CT molecular complexity index is 280. The highest BCUT2D eigenvalue weighted by Gasteiger charge is 2.39. The second kappa shape index (κ2) is 7.10. The van der Waals surface area contributed by atoms with Crippen LogP contribution in [0.1, 0.15) is 45.4 Å². The number of rotatable bonds is 4. The zero-order valence-electron chi connectivity index (χ0n) is 12.0. The van der Waals surface area contributed by atoms with Crippen LogP contribution in [0.3, 0.4) is 0 Å². The van der Waals surface area contributed by atoms with Gasteiger partial charge < -0.3 is 19.7 Å². The van der Waals surface area contributed by atoms with Crippen molar-refractivity contribution in [1.82, 2.24) is 10.2 Å². The summed E-state index contributed by atoms with van der Waals surface area (Å²) < 4.78 is 11.5. The first-order chi connectivity index (χ1) is 9.26. The molecule has 2 aliphatic heterocycles. The van der Waals surface area contributed by atoms with Crippen LogP contribution in [0, 0.1) is 0 Å². The number of likely N-dealkylation sites (tertiary alicyclic amines) is 1. The number of unbranched alkanes of at least 4 members (excludes halogenated alkanes) is 2. The number of nitrogens with one attached hydrogen (secondary N) is 1. The SMILES string of the molecule is CCCCCNC(=O)N1CCC2(CC1)OCCCO2. The van der Waals surface area contributed by atoms with Gasteiger partial charge in [0.2, 0.25) is 0 Å². The number of amides is 2. The lowest BCUT2D eigenvalue weighted by atomic mass is 10.0. The van der Waals surface area contributed by atoms with Crippen LogP contribution >= 0.6 is 0 Å². The second-order valence-corrected chi connectivity index (χ2v) is 5.39. The number of hydrogen-bond donors (Lipinski definition) is 1. The molecule has 110 valence electrons. The Kier molecular flexibility index (Phi) is 5.45. The second-order valence-electron chi connectivity index (χ2n) is 5.39. The normalized spacial score (nSPS) is 22.5. The van der Waals surface area contributed by atoms with Crippen LogP contribution in [0.25, 0.3) is 0 Å². The van der Waals surface area contributed by atoms with E-state index in [0.29, 0.717) is 0 Å². The van der Waals surface area contributed by atoms with Gasteiger partial charge in [0.05, 0.1) is 13.2 Å². The van der Waals surface area contributed by atoms with Gasteiger partial charge in [0.25, 0.3) is 0 Å². The first-order valence-electron chi connectivity index (χ1n) is 7.56. The number of carbonyl (C=O) groups is 1. The average molecular weight is 270 g/mol. The van der Waals surface area contributed by atoms with E-state index in [1.54, 1.807) is 0 Å². The van der Waals surface area contributed by atoms with Crippen molar-refractivity contribution >= 4 is 6.03 Å². The number of carbonyl (C=O) groups excluding carboxylic acids is 1. The van der Waals surface area contributed by atoms with Crippen LogP contribution < -0.4 is 5.32 Å². The zero-order valence-corrected chi connectivity index (χ0v) is 12.0. The van der Waals surface area contributed by atoms with Crippen molar-refractivity contribution in [3.8, 4) is 0 Å². The summed E-state index contributed by atoms with van der Waals surface area (Å²) in [6.45, 7) is 5.95. The minimum Gasteiger partial charge on any atom is -0.350 e. The molecule has 2 amide bonds. The molecule has 0 aromatic heterocycles. The maximum atomic E-state index is 12.0. The van der Waals surface area contributed by atoms with Crippen molar-refractivity contribution in [2.45, 2.75) is 51.2 Å². The summed E-state index contributed by atoms with van der Waals surface area (Å²) >= 11 is 0. The summed E-state index contributed by atoms with van der Waals surface area (Å²) in [6, 6.07) is 0.0572. The molecule has 2 heterocycles. The smallest absolute Gasteiger partial charge is 0.317 e. The number of piperidine rings is 1. The van der Waals surface area contributed by atoms with Gasteiger partial charge >= 0.3 is 6.03 Å². The van der Waals surface area contributed by atoms with Gasteiger partial charge in [-0.3, -0.25) is 0 Å². The van der Waals surface area contributed by atoms with Crippen molar-refractivity contribution < 1.29 is 14.3 Å². The van der Waals surface area contributed by atoms with Crippen molar-refractivity contribution in [3.63, 3.8) is 0 Å². The third-order valence-corrected chi connectivity index (χ3v) is 3.89. The molecule has 2 fully saturated rings. The van der Waals surface area contributed by atoms with Gasteiger partial charge in [-0.15, -0.1) is 0 Å². The Morgan fingerprint density at radius 1 is 1.21 bits per heavy atom. The van der Waals surface area contributed by atoms with Gasteiger partial charge in [-0.1, -0.05) is 19.8 Å². The molecule has 1 N–H and O–H groups in total. The van der Waals surface area contributed by atoms with E-state index >= 15 is 0 Å². The summed E-state index contributed by atoms with van der Waals surface area (Å²) in [6.07, 6.45) is 5.96. The lowest BCUT2D eigenvalue weighted by molar-refractivity contribution is -0.281. The van der Waals surface area contributed by atoms with Crippen LogP contribution in [0.2, 0.25) is 0 Å². The fourth-order valence-corrected chi connectivity index (χ4v) is 2.64. The van der Waals surface area contributed by atoms with Crippen LogP contribution in [0.5, 0.6) is 0 Å². The third kappa shape index (κ3) is 4.08. The molecule has 5 heteroatoms. The number of nitrogens with zero attached hydrogens (tertiary/aromatic N) is 1. The minimum atomic E-state index is -0.406. The maximum Gasteiger partial charge on any atom is 0.317 e. The zero-order chi connectivity index (χ0) is 13.6. The Morgan fingerprint density at radius 3 is 2.53 bits per heavy atom. The lowest BCUT2D eigenvalue weighted by Gasteiger charge is -2.43. The van der Waals surface area contributed by atoms with Crippen molar-refractivity contribution in [2.24, 2.45) is 0 Å². The van der Waals surface area contributed by atoms with E-state index in [2.05, 4.69) is 12.2 Å². The highest BCUT2D eigenvalue weighted by molar-refractivity contribution is 5.74. The van der Waals surface area contributed by atoms with Gasteiger partial charge in [0, 0.05) is 32.5 Å². The largest absolute Gasteiger partial charge is 0.350 e. The summed E-state index contributed by atoms with van der Waals surface area (Å²) in [5.41, 5.74) is 0. The van der Waals surface area contributed by atoms with E-state index in [0.717, 1.165) is 58.5 Å². The molecule has 0 unspecified atom stereocenters. The molecule has 2 saturated heterocycles. The molecule has 19 heavy (non-hydrogen) atoms. The predicted molar refractivity (Wildman–Crippen MR) is 73.0 cm³/mol. The van der Waals surface area contributed by atoms with Crippen molar-refractivity contribution in [3.05, 3.63) is 0 Å². The third-order valence-electron chi connectivity index (χ3n) is 3.89. The van der Waals surface area contributed by atoms with Crippen LogP contribution in [0.15, 0.2) is 0 Å². The number of ether oxygens (including phenoxy) is 2. The maximum absolute atomic E-state index is 12.0. The van der Waals surface area contributed by atoms with E-state index < -0.39 is 5.79 Å². The van der Waals surface area contributed by atoms with E-state index in [-0.39, 0.29) is 6.03 Å². The molecular weight excluding hydrogens is 244 g/mol. The predicted octanol–water partition coefficient (Wildman–Crippen LogP) is 2.12. The van der Waals surface area contributed by atoms with E-state index in [1.807, 2.05) is 4.90 Å². The van der Waals surface area contributed by atoms with Crippen LogP contribution in [-0.4, -0.2) is 49.6 Å². The van der Waals surface area contributed by atoms with E-state index in [9.17, 15) is 4.79 Å². The highest BCUT2D eigenvalue weighted by atomic mass is 16.7. The topological polar surface area (TPSA) is 50.8 Å². The average Bonchev–Trinajstić information content (AvgIpc) is 2.45. The Labute approximate surface area is 115 Å². The molecule has 5 nitrogen and oxygen atoms in total. The fourth-order valence-electron chi connectivity index (χ4n) is 2.64. The van der Waals surface area contributed by atoms with Crippen LogP contribution in [0.4, 0.5) is 4.79 Å². The van der Waals surface area contributed by atoms with Crippen molar-refractivity contribution in [1.29, 1.82) is 0 Å². The molecule has 0 aliphatic carbocycles. The van der Waals surface area contributed by atoms with Gasteiger partial charge in [-0.2, -0.15) is 0 Å². The Morgan fingerprint density at radius 2 is 1.89 bits per heavy atom. The van der Waals surface area contributed by atoms with Gasteiger partial charge in [0.1, 0.15) is 0 Å². The monoisotopic (exact) mass is 270 g/mol. The summed E-state index contributed by atoms with van der Waals surface area (Å²) in [5.74, 6) is -0.406. The van der Waals surface area contributed by atoms with Gasteiger partial charge in [0.15, 0.2) is 5.79 Å². The molecule has 1 spiro atoms. The molecule has 0 aromatic rings. The van der Waals surface area contributed by atoms with Crippen LogP contribution in [-0.2, 0) is 9.47 Å². The molecule has 2 rings (SSSR count). The quantitative estimate of drug-likeness (QED) is 0.796. The van der Waals surface area contributed by atoms with Gasteiger partial charge in [-0.05, 0) is 12.8 Å². The molecule has 0 aromatic carbocycles. The minimum absolute atomic E-state index is 0.0572. The fraction of sp³-hybridized carbons (Fsp3) is 0.929. The molecule has 0 atom stereocenters. The number of hydrogen-bond acceptors (Lipinski definition) is 3. The summed E-state index contributed by atoms with van der Waals surface area (Å²) in [7, 11) is 0. The first-order valence-corrected chi connectivity index (χ1v) is 7.56. The van der Waals surface area contributed by atoms with Gasteiger partial charge in [-0.25, -0.2) is 4.79 Å². The molecule has 2 aliphatic rings. The van der Waals surface area contributed by atoms with E-state index in [4.69, 9.17) is 9.47 Å². The highest BCUT2D eigenvalue weighted by Crippen LogP contribution is 2.30. The molecule has 0 radical (unpaired) electrons. The summed E-state index contributed by atoms with van der Waals surface area (Å²) in [5, 5.41) is 2.98. The molecular formula is C14H26N2O3. The summed E-state index contributed by atoms with van der Waals surface area (Å²) in [4.78, 5) is 13.8. The molecule has 0 bridgehead atoms.